The van der Waals surface area contributed by atoms with Crippen molar-refractivity contribution >= 4 is 12.2 Å². The molecule has 8 heteroatoms. The monoisotopic (exact) mass is 282 g/mol. The summed E-state index contributed by atoms with van der Waals surface area (Å²) in [5, 5.41) is 3.66. The highest BCUT2D eigenvalue weighted by Gasteiger charge is 2.29. The summed E-state index contributed by atoms with van der Waals surface area (Å²) in [6.45, 7) is 5.59. The number of hydrogen-bond acceptors (Lipinski definition) is 7. The number of rotatable bonds is 2. The molecule has 0 unspecified atom stereocenters. The lowest BCUT2D eigenvalue weighted by molar-refractivity contribution is 0.113. The Labute approximate surface area is 114 Å². The van der Waals surface area contributed by atoms with Crippen LogP contribution >= 0.6 is 0 Å². The number of nitrogens with zero attached hydrogens (tertiary/aromatic N) is 2. The molecule has 0 atom stereocenters. The van der Waals surface area contributed by atoms with Crippen molar-refractivity contribution in [1.82, 2.24) is 10.1 Å². The number of ether oxygens (including phenoxy) is 3. The van der Waals surface area contributed by atoms with E-state index in [9.17, 15) is 9.59 Å². The molecule has 1 aliphatic rings. The van der Waals surface area contributed by atoms with Crippen molar-refractivity contribution in [2.45, 2.75) is 19.9 Å². The Morgan fingerprint density at radius 2 is 2.20 bits per heavy atom. The summed E-state index contributed by atoms with van der Waals surface area (Å²) in [6.07, 6.45) is -0.927. The lowest BCUT2D eigenvalue weighted by atomic mass is 10.1. The van der Waals surface area contributed by atoms with Crippen LogP contribution in [0, 0.1) is 0 Å². The summed E-state index contributed by atoms with van der Waals surface area (Å²) in [7, 11) is 1.31. The SMILES string of the molecule is C=C(C)OC(=O)Oc1noc2c1CCN(C(=O)OC)C2. The predicted octanol–water partition coefficient (Wildman–Crippen LogP) is 1.85. The molecule has 0 saturated heterocycles. The maximum Gasteiger partial charge on any atom is 0.520 e. The van der Waals surface area contributed by atoms with Crippen LogP contribution in [0.15, 0.2) is 16.9 Å². The zero-order chi connectivity index (χ0) is 14.7. The van der Waals surface area contributed by atoms with E-state index in [-0.39, 0.29) is 18.2 Å². The summed E-state index contributed by atoms with van der Waals surface area (Å²) in [5.74, 6) is 0.722. The first-order chi connectivity index (χ1) is 9.51. The third kappa shape index (κ3) is 2.90. The third-order valence-electron chi connectivity index (χ3n) is 2.67. The van der Waals surface area contributed by atoms with Crippen LogP contribution in [0.5, 0.6) is 5.88 Å². The van der Waals surface area contributed by atoms with E-state index in [1.165, 1.54) is 18.9 Å². The molecular weight excluding hydrogens is 268 g/mol. The topological polar surface area (TPSA) is 91.1 Å². The van der Waals surface area contributed by atoms with Crippen molar-refractivity contribution in [2.24, 2.45) is 0 Å². The van der Waals surface area contributed by atoms with Crippen LogP contribution in [0.1, 0.15) is 18.2 Å². The molecule has 1 amide bonds. The lowest BCUT2D eigenvalue weighted by Gasteiger charge is -2.23. The van der Waals surface area contributed by atoms with E-state index in [0.29, 0.717) is 24.3 Å². The van der Waals surface area contributed by atoms with E-state index < -0.39 is 12.2 Å². The molecule has 0 radical (unpaired) electrons. The summed E-state index contributed by atoms with van der Waals surface area (Å²) in [6, 6.07) is 0. The maximum absolute atomic E-state index is 11.4. The molecule has 0 aliphatic carbocycles. The van der Waals surface area contributed by atoms with E-state index in [2.05, 4.69) is 21.2 Å². The van der Waals surface area contributed by atoms with Crippen LogP contribution in [0.3, 0.4) is 0 Å². The Kier molecular flexibility index (Phi) is 3.92. The van der Waals surface area contributed by atoms with Gasteiger partial charge in [0.05, 0.1) is 19.2 Å². The van der Waals surface area contributed by atoms with Gasteiger partial charge in [-0.15, -0.1) is 0 Å². The molecule has 1 aromatic rings. The number of methoxy groups -OCH3 is 1. The fourth-order valence-corrected chi connectivity index (χ4v) is 1.80. The van der Waals surface area contributed by atoms with Gasteiger partial charge in [-0.1, -0.05) is 6.58 Å². The minimum atomic E-state index is -0.927. The Morgan fingerprint density at radius 1 is 1.45 bits per heavy atom. The first kappa shape index (κ1) is 13.9. The van der Waals surface area contributed by atoms with E-state index >= 15 is 0 Å². The van der Waals surface area contributed by atoms with Crippen molar-refractivity contribution in [3.63, 3.8) is 0 Å². The van der Waals surface area contributed by atoms with E-state index in [1.807, 2.05) is 0 Å². The van der Waals surface area contributed by atoms with Gasteiger partial charge in [0.2, 0.25) is 0 Å². The predicted molar refractivity (Wildman–Crippen MR) is 64.9 cm³/mol. The second kappa shape index (κ2) is 5.64. The Bertz CT molecular complexity index is 550. The van der Waals surface area contributed by atoms with Gasteiger partial charge in [-0.05, 0) is 18.5 Å². The highest BCUT2D eigenvalue weighted by atomic mass is 16.7. The van der Waals surface area contributed by atoms with E-state index in [1.54, 1.807) is 0 Å². The van der Waals surface area contributed by atoms with Gasteiger partial charge in [0, 0.05) is 6.54 Å². The highest BCUT2D eigenvalue weighted by Crippen LogP contribution is 2.28. The average Bonchev–Trinajstić information content (AvgIpc) is 2.79. The number of amides is 1. The van der Waals surface area contributed by atoms with Crippen molar-refractivity contribution in [3.05, 3.63) is 23.7 Å². The molecule has 0 saturated carbocycles. The molecule has 0 spiro atoms. The minimum Gasteiger partial charge on any atom is -0.453 e. The van der Waals surface area contributed by atoms with Crippen LogP contribution in [-0.4, -0.2) is 36.0 Å². The molecule has 108 valence electrons. The quantitative estimate of drug-likeness (QED) is 0.603. The average molecular weight is 282 g/mol. The second-order valence-corrected chi connectivity index (χ2v) is 4.19. The maximum atomic E-state index is 11.4. The van der Waals surface area contributed by atoms with Gasteiger partial charge >= 0.3 is 12.2 Å². The molecule has 8 nitrogen and oxygen atoms in total. The van der Waals surface area contributed by atoms with Gasteiger partial charge in [-0.3, -0.25) is 0 Å². The van der Waals surface area contributed by atoms with Gasteiger partial charge in [0.15, 0.2) is 5.76 Å². The summed E-state index contributed by atoms with van der Waals surface area (Å²) >= 11 is 0. The van der Waals surface area contributed by atoms with Crippen molar-refractivity contribution < 1.29 is 28.3 Å². The molecule has 0 bridgehead atoms. The van der Waals surface area contributed by atoms with Crippen molar-refractivity contribution in [3.8, 4) is 5.88 Å². The fourth-order valence-electron chi connectivity index (χ4n) is 1.80. The normalized spacial score (nSPS) is 13.4. The molecular formula is C12H14N2O6. The number of aromatic nitrogens is 1. The number of allylic oxidation sites excluding steroid dienone is 1. The number of fused-ring (bicyclic) bond motifs is 1. The lowest BCUT2D eigenvalue weighted by Crippen LogP contribution is -2.35. The molecule has 1 aliphatic heterocycles. The summed E-state index contributed by atoms with van der Waals surface area (Å²) in [4.78, 5) is 24.2. The molecule has 1 aromatic heterocycles. The number of carbonyl (C=O) groups excluding carboxylic acids is 2. The zero-order valence-electron chi connectivity index (χ0n) is 11.2. The molecule has 2 heterocycles. The van der Waals surface area contributed by atoms with Gasteiger partial charge in [0.25, 0.3) is 5.88 Å². The molecule has 0 fully saturated rings. The molecule has 2 rings (SSSR count). The first-order valence-corrected chi connectivity index (χ1v) is 5.86. The van der Waals surface area contributed by atoms with Gasteiger partial charge in [0.1, 0.15) is 5.76 Å². The van der Waals surface area contributed by atoms with Crippen molar-refractivity contribution in [2.75, 3.05) is 13.7 Å². The zero-order valence-corrected chi connectivity index (χ0v) is 11.2. The molecule has 0 aromatic carbocycles. The van der Waals surface area contributed by atoms with E-state index in [4.69, 9.17) is 9.26 Å². The van der Waals surface area contributed by atoms with Crippen molar-refractivity contribution in [1.29, 1.82) is 0 Å². The van der Waals surface area contributed by atoms with E-state index in [0.717, 1.165) is 0 Å². The molecule has 0 N–H and O–H groups in total. The Balaban J connectivity index is 2.06. The third-order valence-corrected chi connectivity index (χ3v) is 2.67. The summed E-state index contributed by atoms with van der Waals surface area (Å²) < 4.78 is 19.3. The molecule has 20 heavy (non-hydrogen) atoms. The second-order valence-electron chi connectivity index (χ2n) is 4.19. The van der Waals surface area contributed by atoms with Crippen LogP contribution in [0.25, 0.3) is 0 Å². The van der Waals surface area contributed by atoms with Gasteiger partial charge in [-0.25, -0.2) is 9.59 Å². The Morgan fingerprint density at radius 3 is 2.85 bits per heavy atom. The largest absolute Gasteiger partial charge is 0.520 e. The van der Waals surface area contributed by atoms with Crippen LogP contribution in [-0.2, 0) is 22.4 Å². The minimum absolute atomic E-state index is 0.0516. The number of hydrogen-bond donors (Lipinski definition) is 0. The number of carbonyl (C=O) groups is 2. The van der Waals surface area contributed by atoms with Gasteiger partial charge in [-0.2, -0.15) is 0 Å². The van der Waals surface area contributed by atoms with Crippen LogP contribution in [0.2, 0.25) is 0 Å². The fraction of sp³-hybridized carbons (Fsp3) is 0.417. The standard InChI is InChI=1S/C12H14N2O6/c1-7(2)18-12(16)19-10-8-4-5-14(11(15)17-3)6-9(8)20-13-10/h1,4-6H2,2-3H3. The highest BCUT2D eigenvalue weighted by molar-refractivity contribution is 5.68. The summed E-state index contributed by atoms with van der Waals surface area (Å²) in [5.41, 5.74) is 0.642. The Hall–Kier alpha value is -2.51. The van der Waals surface area contributed by atoms with Crippen LogP contribution in [0.4, 0.5) is 9.59 Å². The van der Waals surface area contributed by atoms with Gasteiger partial charge < -0.3 is 23.6 Å². The van der Waals surface area contributed by atoms with Crippen LogP contribution < -0.4 is 4.74 Å². The first-order valence-electron chi connectivity index (χ1n) is 5.86. The smallest absolute Gasteiger partial charge is 0.453 e.